The lowest BCUT2D eigenvalue weighted by Crippen LogP contribution is -2.49. The summed E-state index contributed by atoms with van der Waals surface area (Å²) in [6.07, 6.45) is 0. The summed E-state index contributed by atoms with van der Waals surface area (Å²) in [5.74, 6) is -0.242. The van der Waals surface area contributed by atoms with Gasteiger partial charge in [-0.15, -0.1) is 10.2 Å². The molecule has 1 amide bonds. The smallest absolute Gasteiger partial charge is 0.231 e. The van der Waals surface area contributed by atoms with E-state index in [0.29, 0.717) is 23.1 Å². The molecule has 0 bridgehead atoms. The molecular formula is C23H24FN5OS. The molecule has 1 aromatic heterocycles. The zero-order valence-electron chi connectivity index (χ0n) is 17.7. The van der Waals surface area contributed by atoms with Crippen LogP contribution in [-0.2, 0) is 11.3 Å². The maximum absolute atomic E-state index is 14.4. The Morgan fingerprint density at radius 2 is 1.87 bits per heavy atom. The van der Waals surface area contributed by atoms with E-state index >= 15 is 0 Å². The minimum atomic E-state index is -0.951. The van der Waals surface area contributed by atoms with Gasteiger partial charge < -0.3 is 5.32 Å². The van der Waals surface area contributed by atoms with Crippen LogP contribution in [0, 0.1) is 23.1 Å². The Hall–Kier alpha value is -3.18. The van der Waals surface area contributed by atoms with E-state index in [-0.39, 0.29) is 23.4 Å². The molecule has 31 heavy (non-hydrogen) atoms. The minimum Gasteiger partial charge on any atom is -0.337 e. The average molecular weight is 438 g/mol. The Morgan fingerprint density at radius 3 is 2.52 bits per heavy atom. The quantitative estimate of drug-likeness (QED) is 0.532. The number of thioether (sulfide) groups is 1. The molecule has 1 N–H and O–H groups in total. The van der Waals surface area contributed by atoms with Crippen LogP contribution in [0.25, 0.3) is 11.4 Å². The van der Waals surface area contributed by atoms with Gasteiger partial charge in [0.2, 0.25) is 5.91 Å². The number of rotatable bonds is 8. The van der Waals surface area contributed by atoms with Gasteiger partial charge in [-0.25, -0.2) is 4.39 Å². The van der Waals surface area contributed by atoms with Crippen molar-refractivity contribution < 1.29 is 9.18 Å². The number of nitrogens with zero attached hydrogens (tertiary/aromatic N) is 4. The van der Waals surface area contributed by atoms with E-state index in [4.69, 9.17) is 0 Å². The second kappa shape index (κ2) is 9.75. The van der Waals surface area contributed by atoms with Gasteiger partial charge in [0.1, 0.15) is 11.4 Å². The van der Waals surface area contributed by atoms with Crippen molar-refractivity contribution in [2.75, 3.05) is 5.75 Å². The van der Waals surface area contributed by atoms with Crippen molar-refractivity contribution in [1.82, 2.24) is 20.1 Å². The number of aromatic nitrogens is 3. The monoisotopic (exact) mass is 437 g/mol. The number of nitriles is 1. The molecule has 0 fully saturated rings. The fourth-order valence-corrected chi connectivity index (χ4v) is 3.64. The number of carbonyl (C=O) groups excluding carboxylic acids is 1. The molecule has 8 heteroatoms. The molecule has 0 saturated carbocycles. The largest absolute Gasteiger partial charge is 0.337 e. The van der Waals surface area contributed by atoms with Gasteiger partial charge in [0.05, 0.1) is 23.9 Å². The lowest BCUT2D eigenvalue weighted by atomic mass is 9.90. The first-order valence-corrected chi connectivity index (χ1v) is 10.9. The zero-order chi connectivity index (χ0) is 22.4. The maximum Gasteiger partial charge on any atom is 0.231 e. The number of carbonyl (C=O) groups is 1. The van der Waals surface area contributed by atoms with Crippen molar-refractivity contribution in [3.63, 3.8) is 0 Å². The van der Waals surface area contributed by atoms with Crippen LogP contribution in [-0.4, -0.2) is 32.0 Å². The zero-order valence-corrected chi connectivity index (χ0v) is 18.5. The Balaban J connectivity index is 1.86. The van der Waals surface area contributed by atoms with Crippen molar-refractivity contribution in [3.05, 3.63) is 66.0 Å². The minimum absolute atomic E-state index is 0.0409. The van der Waals surface area contributed by atoms with Gasteiger partial charge in [0, 0.05) is 0 Å². The van der Waals surface area contributed by atoms with Crippen LogP contribution in [0.5, 0.6) is 0 Å². The molecule has 160 valence electrons. The summed E-state index contributed by atoms with van der Waals surface area (Å²) < 4.78 is 16.2. The predicted molar refractivity (Wildman–Crippen MR) is 119 cm³/mol. The van der Waals surface area contributed by atoms with Gasteiger partial charge in [-0.05, 0) is 30.5 Å². The van der Waals surface area contributed by atoms with Gasteiger partial charge in [-0.1, -0.05) is 68.1 Å². The summed E-state index contributed by atoms with van der Waals surface area (Å²) >= 11 is 1.20. The Labute approximate surface area is 185 Å². The molecule has 0 radical (unpaired) electrons. The van der Waals surface area contributed by atoms with Crippen LogP contribution in [0.1, 0.15) is 26.3 Å². The number of benzene rings is 2. The summed E-state index contributed by atoms with van der Waals surface area (Å²) in [7, 11) is 0. The lowest BCUT2D eigenvalue weighted by Gasteiger charge is -2.27. The van der Waals surface area contributed by atoms with E-state index in [1.165, 1.54) is 17.8 Å². The highest BCUT2D eigenvalue weighted by molar-refractivity contribution is 7.99. The Bertz CT molecular complexity index is 1090. The normalized spacial score (nSPS) is 12.9. The summed E-state index contributed by atoms with van der Waals surface area (Å²) in [5, 5.41) is 21.1. The molecule has 3 aromatic rings. The van der Waals surface area contributed by atoms with Gasteiger partial charge in [-0.2, -0.15) is 5.26 Å². The van der Waals surface area contributed by atoms with E-state index in [1.54, 1.807) is 29.7 Å². The van der Waals surface area contributed by atoms with E-state index in [0.717, 1.165) is 5.56 Å². The molecule has 3 rings (SSSR count). The third kappa shape index (κ3) is 5.30. The average Bonchev–Trinajstić information content (AvgIpc) is 3.15. The second-order valence-electron chi connectivity index (χ2n) is 7.66. The standard InChI is InChI=1S/C23H24FN5OS/c1-16(2)23(3,15-25)26-20(30)14-31-22-28-27-21(18-11-7-8-12-19(18)24)29(22)13-17-9-5-4-6-10-17/h4-12,16H,13-14H2,1-3H3,(H,26,30)/t23-/m0/s1. The third-order valence-corrected chi connectivity index (χ3v) is 6.10. The highest BCUT2D eigenvalue weighted by atomic mass is 32.2. The fraction of sp³-hybridized carbons (Fsp3) is 0.304. The van der Waals surface area contributed by atoms with E-state index in [2.05, 4.69) is 21.6 Å². The molecule has 0 unspecified atom stereocenters. The third-order valence-electron chi connectivity index (χ3n) is 5.13. The van der Waals surface area contributed by atoms with Crippen molar-refractivity contribution in [3.8, 4) is 17.5 Å². The van der Waals surface area contributed by atoms with Crippen LogP contribution in [0.3, 0.4) is 0 Å². The second-order valence-corrected chi connectivity index (χ2v) is 8.61. The Kier molecular flexibility index (Phi) is 7.08. The van der Waals surface area contributed by atoms with Crippen molar-refractivity contribution in [2.45, 2.75) is 38.0 Å². The number of hydrogen-bond donors (Lipinski definition) is 1. The highest BCUT2D eigenvalue weighted by Gasteiger charge is 2.30. The number of nitrogens with one attached hydrogen (secondary N) is 1. The molecule has 0 saturated heterocycles. The van der Waals surface area contributed by atoms with Gasteiger partial charge >= 0.3 is 0 Å². The van der Waals surface area contributed by atoms with Gasteiger partial charge in [-0.3, -0.25) is 9.36 Å². The van der Waals surface area contributed by atoms with Gasteiger partial charge in [0.15, 0.2) is 11.0 Å². The lowest BCUT2D eigenvalue weighted by molar-refractivity contribution is -0.120. The molecule has 1 heterocycles. The summed E-state index contributed by atoms with van der Waals surface area (Å²) in [4.78, 5) is 12.5. The Morgan fingerprint density at radius 1 is 1.19 bits per heavy atom. The molecule has 2 aromatic carbocycles. The summed E-state index contributed by atoms with van der Waals surface area (Å²) in [6, 6.07) is 18.3. The molecule has 1 atom stereocenters. The van der Waals surface area contributed by atoms with Crippen molar-refractivity contribution in [1.29, 1.82) is 5.26 Å². The van der Waals surface area contributed by atoms with Crippen LogP contribution in [0.4, 0.5) is 4.39 Å². The van der Waals surface area contributed by atoms with E-state index in [9.17, 15) is 14.4 Å². The molecule has 0 aliphatic heterocycles. The molecule has 0 aliphatic rings. The summed E-state index contributed by atoms with van der Waals surface area (Å²) in [6.45, 7) is 5.90. The van der Waals surface area contributed by atoms with E-state index in [1.807, 2.05) is 44.2 Å². The summed E-state index contributed by atoms with van der Waals surface area (Å²) in [5.41, 5.74) is 0.399. The molecular weight excluding hydrogens is 413 g/mol. The SMILES string of the molecule is CC(C)[C@](C)(C#N)NC(=O)CSc1nnc(-c2ccccc2F)n1Cc1ccccc1. The first-order chi connectivity index (χ1) is 14.8. The van der Waals surface area contributed by atoms with Crippen LogP contribution in [0.15, 0.2) is 59.8 Å². The number of halogens is 1. The number of hydrogen-bond acceptors (Lipinski definition) is 5. The highest BCUT2D eigenvalue weighted by Crippen LogP contribution is 2.27. The topological polar surface area (TPSA) is 83.6 Å². The van der Waals surface area contributed by atoms with Crippen LogP contribution in [0.2, 0.25) is 0 Å². The van der Waals surface area contributed by atoms with Crippen molar-refractivity contribution in [2.24, 2.45) is 5.92 Å². The van der Waals surface area contributed by atoms with Crippen molar-refractivity contribution >= 4 is 17.7 Å². The van der Waals surface area contributed by atoms with Gasteiger partial charge in [0.25, 0.3) is 0 Å². The van der Waals surface area contributed by atoms with E-state index < -0.39 is 5.54 Å². The van der Waals surface area contributed by atoms with Crippen LogP contribution >= 0.6 is 11.8 Å². The fourth-order valence-electron chi connectivity index (χ4n) is 2.90. The molecule has 0 aliphatic carbocycles. The molecule has 0 spiro atoms. The first kappa shape index (κ1) is 22.5. The molecule has 6 nitrogen and oxygen atoms in total. The number of amides is 1. The van der Waals surface area contributed by atoms with Crippen LogP contribution < -0.4 is 5.32 Å². The predicted octanol–water partition coefficient (Wildman–Crippen LogP) is 4.28. The first-order valence-electron chi connectivity index (χ1n) is 9.91. The maximum atomic E-state index is 14.4.